The molecule has 0 aliphatic carbocycles. The summed E-state index contributed by atoms with van der Waals surface area (Å²) in [6.07, 6.45) is 1.69. The highest BCUT2D eigenvalue weighted by molar-refractivity contribution is 5.22. The molecule has 0 saturated carbocycles. The molecule has 20 heavy (non-hydrogen) atoms. The monoisotopic (exact) mass is 267 g/mol. The van der Waals surface area contributed by atoms with Crippen molar-refractivity contribution < 1.29 is 5.11 Å². The summed E-state index contributed by atoms with van der Waals surface area (Å²) in [5, 5.41) is 10.4. The Labute approximate surface area is 120 Å². The lowest BCUT2D eigenvalue weighted by atomic mass is 9.92. The molecular weight excluding hydrogens is 246 g/mol. The minimum atomic E-state index is -0.269. The molecule has 2 aromatic carbocycles. The molecule has 1 fully saturated rings. The highest BCUT2D eigenvalue weighted by Crippen LogP contribution is 2.32. The van der Waals surface area contributed by atoms with Gasteiger partial charge in [0.05, 0.1) is 12.1 Å². The van der Waals surface area contributed by atoms with Crippen molar-refractivity contribution >= 4 is 0 Å². The summed E-state index contributed by atoms with van der Waals surface area (Å²) in [5.74, 6) is 0. The van der Waals surface area contributed by atoms with Crippen molar-refractivity contribution in [1.29, 1.82) is 0 Å². The highest BCUT2D eigenvalue weighted by Gasteiger charge is 2.31. The number of rotatable bonds is 3. The van der Waals surface area contributed by atoms with E-state index in [1.165, 1.54) is 11.1 Å². The van der Waals surface area contributed by atoms with Crippen LogP contribution in [0.4, 0.5) is 0 Å². The SMILES string of the molecule is OC1CCCN(Cc2ccccc2)C1c1ccccc1. The van der Waals surface area contributed by atoms with Crippen LogP contribution in [0, 0.1) is 0 Å². The topological polar surface area (TPSA) is 23.5 Å². The van der Waals surface area contributed by atoms with Gasteiger partial charge >= 0.3 is 0 Å². The lowest BCUT2D eigenvalue weighted by Gasteiger charge is -2.39. The largest absolute Gasteiger partial charge is 0.391 e. The zero-order valence-electron chi connectivity index (χ0n) is 11.7. The highest BCUT2D eigenvalue weighted by atomic mass is 16.3. The quantitative estimate of drug-likeness (QED) is 0.921. The van der Waals surface area contributed by atoms with Crippen molar-refractivity contribution in [1.82, 2.24) is 4.90 Å². The van der Waals surface area contributed by atoms with Crippen LogP contribution in [0.5, 0.6) is 0 Å². The van der Waals surface area contributed by atoms with Gasteiger partial charge in [0.2, 0.25) is 0 Å². The molecule has 2 unspecified atom stereocenters. The Morgan fingerprint density at radius 3 is 2.30 bits per heavy atom. The van der Waals surface area contributed by atoms with Crippen molar-refractivity contribution in [2.75, 3.05) is 6.54 Å². The van der Waals surface area contributed by atoms with Crippen LogP contribution in [-0.4, -0.2) is 22.7 Å². The molecule has 0 aromatic heterocycles. The molecule has 104 valence electrons. The third-order valence-corrected chi connectivity index (χ3v) is 4.07. The van der Waals surface area contributed by atoms with Gasteiger partial charge in [-0.15, -0.1) is 0 Å². The van der Waals surface area contributed by atoms with Crippen LogP contribution in [0.15, 0.2) is 60.7 Å². The third kappa shape index (κ3) is 2.92. The second-order valence-electron chi connectivity index (χ2n) is 5.52. The smallest absolute Gasteiger partial charge is 0.0737 e. The second kappa shape index (κ2) is 6.21. The first-order valence-electron chi connectivity index (χ1n) is 7.35. The molecule has 1 saturated heterocycles. The lowest BCUT2D eigenvalue weighted by molar-refractivity contribution is 0.00521. The minimum absolute atomic E-state index is 0.116. The van der Waals surface area contributed by atoms with Crippen molar-refractivity contribution in [3.63, 3.8) is 0 Å². The summed E-state index contributed by atoms with van der Waals surface area (Å²) < 4.78 is 0. The Balaban J connectivity index is 1.83. The Morgan fingerprint density at radius 1 is 0.950 bits per heavy atom. The number of hydrogen-bond donors (Lipinski definition) is 1. The molecule has 2 atom stereocenters. The van der Waals surface area contributed by atoms with Gasteiger partial charge in [-0.3, -0.25) is 4.90 Å². The predicted octanol–water partition coefficient (Wildman–Crippen LogP) is 3.38. The first-order chi connectivity index (χ1) is 9.84. The maximum absolute atomic E-state index is 10.4. The van der Waals surface area contributed by atoms with Gasteiger partial charge in [0.25, 0.3) is 0 Å². The molecule has 1 heterocycles. The Kier molecular flexibility index (Phi) is 4.14. The molecular formula is C18H21NO. The number of aliphatic hydroxyl groups excluding tert-OH is 1. The van der Waals surface area contributed by atoms with E-state index in [1.54, 1.807) is 0 Å². The van der Waals surface area contributed by atoms with Gasteiger partial charge in [0, 0.05) is 6.54 Å². The third-order valence-electron chi connectivity index (χ3n) is 4.07. The van der Waals surface area contributed by atoms with Crippen molar-refractivity contribution in [2.45, 2.75) is 31.5 Å². The molecule has 1 aliphatic rings. The summed E-state index contributed by atoms with van der Waals surface area (Å²) in [7, 11) is 0. The molecule has 2 nitrogen and oxygen atoms in total. The normalized spacial score (nSPS) is 23.6. The fourth-order valence-corrected chi connectivity index (χ4v) is 3.12. The fraction of sp³-hybridized carbons (Fsp3) is 0.333. The van der Waals surface area contributed by atoms with Crippen LogP contribution < -0.4 is 0 Å². The van der Waals surface area contributed by atoms with Crippen LogP contribution in [0.1, 0.15) is 30.0 Å². The maximum Gasteiger partial charge on any atom is 0.0737 e. The van der Waals surface area contributed by atoms with Gasteiger partial charge in [0.1, 0.15) is 0 Å². The van der Waals surface area contributed by atoms with Crippen LogP contribution in [-0.2, 0) is 6.54 Å². The number of benzene rings is 2. The summed E-state index contributed by atoms with van der Waals surface area (Å²) >= 11 is 0. The zero-order valence-corrected chi connectivity index (χ0v) is 11.7. The van der Waals surface area contributed by atoms with E-state index in [0.29, 0.717) is 0 Å². The van der Waals surface area contributed by atoms with E-state index in [9.17, 15) is 5.11 Å². The van der Waals surface area contributed by atoms with E-state index in [4.69, 9.17) is 0 Å². The Bertz CT molecular complexity index is 526. The first kappa shape index (κ1) is 13.3. The molecule has 1 N–H and O–H groups in total. The van der Waals surface area contributed by atoms with E-state index in [-0.39, 0.29) is 12.1 Å². The fourth-order valence-electron chi connectivity index (χ4n) is 3.12. The van der Waals surface area contributed by atoms with Crippen molar-refractivity contribution in [2.24, 2.45) is 0 Å². The molecule has 0 amide bonds. The first-order valence-corrected chi connectivity index (χ1v) is 7.35. The summed E-state index contributed by atoms with van der Waals surface area (Å²) in [5.41, 5.74) is 2.53. The number of likely N-dealkylation sites (tertiary alicyclic amines) is 1. The summed E-state index contributed by atoms with van der Waals surface area (Å²) in [6.45, 7) is 1.95. The van der Waals surface area contributed by atoms with Gasteiger partial charge in [-0.05, 0) is 30.5 Å². The van der Waals surface area contributed by atoms with E-state index in [0.717, 1.165) is 25.9 Å². The molecule has 2 aromatic rings. The van der Waals surface area contributed by atoms with Gasteiger partial charge in [0.15, 0.2) is 0 Å². The average molecular weight is 267 g/mol. The second-order valence-corrected chi connectivity index (χ2v) is 5.52. The number of piperidine rings is 1. The van der Waals surface area contributed by atoms with E-state index >= 15 is 0 Å². The molecule has 3 rings (SSSR count). The lowest BCUT2D eigenvalue weighted by Crippen LogP contribution is -2.41. The van der Waals surface area contributed by atoms with Crippen LogP contribution >= 0.6 is 0 Å². The molecule has 0 spiro atoms. The van der Waals surface area contributed by atoms with E-state index in [2.05, 4.69) is 53.4 Å². The molecule has 0 bridgehead atoms. The number of nitrogens with zero attached hydrogens (tertiary/aromatic N) is 1. The van der Waals surface area contributed by atoms with Crippen molar-refractivity contribution in [3.8, 4) is 0 Å². The van der Waals surface area contributed by atoms with Crippen LogP contribution in [0.3, 0.4) is 0 Å². The van der Waals surface area contributed by atoms with Gasteiger partial charge in [-0.25, -0.2) is 0 Å². The molecule has 2 heteroatoms. The maximum atomic E-state index is 10.4. The molecule has 1 aliphatic heterocycles. The molecule has 0 radical (unpaired) electrons. The van der Waals surface area contributed by atoms with Gasteiger partial charge < -0.3 is 5.11 Å². The Morgan fingerprint density at radius 2 is 1.60 bits per heavy atom. The van der Waals surface area contributed by atoms with Crippen molar-refractivity contribution in [3.05, 3.63) is 71.8 Å². The van der Waals surface area contributed by atoms with Crippen LogP contribution in [0.25, 0.3) is 0 Å². The Hall–Kier alpha value is -1.64. The van der Waals surface area contributed by atoms with Gasteiger partial charge in [-0.2, -0.15) is 0 Å². The number of hydrogen-bond acceptors (Lipinski definition) is 2. The predicted molar refractivity (Wildman–Crippen MR) is 81.3 cm³/mol. The minimum Gasteiger partial charge on any atom is -0.391 e. The summed E-state index contributed by atoms with van der Waals surface area (Å²) in [4.78, 5) is 2.40. The average Bonchev–Trinajstić information content (AvgIpc) is 2.49. The standard InChI is InChI=1S/C18H21NO/c20-17-12-7-13-19(14-15-8-3-1-4-9-15)18(17)16-10-5-2-6-11-16/h1-6,8-11,17-18,20H,7,12-14H2. The number of aliphatic hydroxyl groups is 1. The van der Waals surface area contributed by atoms with E-state index < -0.39 is 0 Å². The summed E-state index contributed by atoms with van der Waals surface area (Å²) in [6, 6.07) is 21.0. The van der Waals surface area contributed by atoms with Crippen LogP contribution in [0.2, 0.25) is 0 Å². The van der Waals surface area contributed by atoms with E-state index in [1.807, 2.05) is 12.1 Å². The zero-order chi connectivity index (χ0) is 13.8. The van der Waals surface area contributed by atoms with Gasteiger partial charge in [-0.1, -0.05) is 60.7 Å².